The maximum Gasteiger partial charge on any atom is 0.293 e. The van der Waals surface area contributed by atoms with Crippen molar-refractivity contribution in [1.29, 1.82) is 0 Å². The van der Waals surface area contributed by atoms with Crippen molar-refractivity contribution in [2.45, 2.75) is 6.04 Å². The molecule has 0 aromatic heterocycles. The minimum atomic E-state index is -0.319. The fourth-order valence-corrected chi connectivity index (χ4v) is 2.16. The summed E-state index contributed by atoms with van der Waals surface area (Å²) < 4.78 is 0.883. The van der Waals surface area contributed by atoms with E-state index >= 15 is 0 Å². The maximum atomic E-state index is 11.0. The van der Waals surface area contributed by atoms with Gasteiger partial charge in [-0.15, -0.1) is 0 Å². The van der Waals surface area contributed by atoms with Gasteiger partial charge < -0.3 is 10.2 Å². The number of rotatable bonds is 3. The molecule has 6 heteroatoms. The topological polar surface area (TPSA) is 58.4 Å². The van der Waals surface area contributed by atoms with E-state index in [1.165, 1.54) is 0 Å². The third-order valence-electron chi connectivity index (χ3n) is 2.82. The summed E-state index contributed by atoms with van der Waals surface area (Å²) in [6, 6.07) is 5.68. The monoisotopic (exact) mass is 333 g/mol. The second-order valence-electron chi connectivity index (χ2n) is 3.81. The van der Waals surface area contributed by atoms with E-state index in [0.717, 1.165) is 16.7 Å². The maximum absolute atomic E-state index is 11.0. The average Bonchev–Trinajstić information content (AvgIpc) is 2.14. The minimum Gasteiger partial charge on any atom is -0.364 e. The molecule has 0 saturated carbocycles. The van der Waals surface area contributed by atoms with Crippen LogP contribution in [0.4, 0.5) is 11.4 Å². The van der Waals surface area contributed by atoms with Crippen molar-refractivity contribution in [2.75, 3.05) is 25.0 Å². The Balaban J connectivity index is 2.34. The number of halogens is 1. The zero-order valence-electron chi connectivity index (χ0n) is 8.81. The van der Waals surface area contributed by atoms with Gasteiger partial charge in [-0.1, -0.05) is 0 Å². The second kappa shape index (κ2) is 4.54. The van der Waals surface area contributed by atoms with E-state index in [9.17, 15) is 10.1 Å². The summed E-state index contributed by atoms with van der Waals surface area (Å²) in [5.74, 6) is 0. The van der Waals surface area contributed by atoms with Crippen molar-refractivity contribution in [1.82, 2.24) is 5.32 Å². The van der Waals surface area contributed by atoms with Gasteiger partial charge in [0.2, 0.25) is 0 Å². The summed E-state index contributed by atoms with van der Waals surface area (Å²) in [5, 5.41) is 14.1. The van der Waals surface area contributed by atoms with Crippen molar-refractivity contribution >= 4 is 34.0 Å². The highest BCUT2D eigenvalue weighted by Gasteiger charge is 2.26. The number of nitrogens with zero attached hydrogens (tertiary/aromatic N) is 2. The number of benzene rings is 1. The van der Waals surface area contributed by atoms with E-state index in [0.29, 0.717) is 11.7 Å². The van der Waals surface area contributed by atoms with Crippen molar-refractivity contribution in [3.05, 3.63) is 31.9 Å². The van der Waals surface area contributed by atoms with E-state index in [1.54, 1.807) is 6.07 Å². The molecular formula is C10H12IN3O2. The predicted molar refractivity (Wildman–Crippen MR) is 70.9 cm³/mol. The third-order valence-corrected chi connectivity index (χ3v) is 3.49. The van der Waals surface area contributed by atoms with Crippen molar-refractivity contribution in [3.63, 3.8) is 0 Å². The number of nitro benzene ring substituents is 1. The van der Waals surface area contributed by atoms with Gasteiger partial charge in [-0.05, 0) is 34.7 Å². The predicted octanol–water partition coefficient (Wildman–Crippen LogP) is 1.61. The summed E-state index contributed by atoms with van der Waals surface area (Å²) in [5.41, 5.74) is 0.873. The van der Waals surface area contributed by atoms with Crippen molar-refractivity contribution < 1.29 is 4.92 Å². The summed E-state index contributed by atoms with van der Waals surface area (Å²) in [4.78, 5) is 12.6. The molecule has 0 amide bonds. The van der Waals surface area contributed by atoms with Crippen molar-refractivity contribution in [2.24, 2.45) is 0 Å². The fraction of sp³-hybridized carbons (Fsp3) is 0.400. The third kappa shape index (κ3) is 2.12. The molecule has 0 unspecified atom stereocenters. The Morgan fingerprint density at radius 2 is 2.25 bits per heavy atom. The van der Waals surface area contributed by atoms with Crippen LogP contribution in [0.3, 0.4) is 0 Å². The molecule has 1 aliphatic rings. The van der Waals surface area contributed by atoms with Gasteiger partial charge in [0, 0.05) is 29.8 Å². The van der Waals surface area contributed by atoms with Crippen LogP contribution in [0.1, 0.15) is 0 Å². The molecule has 0 bridgehead atoms. The minimum absolute atomic E-state index is 0.182. The summed E-state index contributed by atoms with van der Waals surface area (Å²) in [7, 11) is 1.90. The molecule has 5 nitrogen and oxygen atoms in total. The Bertz CT molecular complexity index is 421. The zero-order chi connectivity index (χ0) is 11.7. The lowest BCUT2D eigenvalue weighted by Gasteiger charge is -2.36. The van der Waals surface area contributed by atoms with Gasteiger partial charge in [0.15, 0.2) is 0 Å². The Labute approximate surface area is 107 Å². The lowest BCUT2D eigenvalue weighted by atomic mass is 10.1. The number of hydrogen-bond acceptors (Lipinski definition) is 4. The van der Waals surface area contributed by atoms with Crippen LogP contribution in [0.25, 0.3) is 0 Å². The van der Waals surface area contributed by atoms with Crippen LogP contribution >= 0.6 is 22.6 Å². The first-order chi connectivity index (χ1) is 7.59. The SMILES string of the molecule is CN(c1ccc(I)cc1[N+](=O)[O-])C1CNC1. The summed E-state index contributed by atoms with van der Waals surface area (Å²) >= 11 is 2.08. The number of hydrogen-bond donors (Lipinski definition) is 1. The highest BCUT2D eigenvalue weighted by molar-refractivity contribution is 14.1. The Morgan fingerprint density at radius 3 is 2.75 bits per heavy atom. The summed E-state index contributed by atoms with van der Waals surface area (Å²) in [6.45, 7) is 1.78. The first-order valence-corrected chi connectivity index (χ1v) is 6.05. The van der Waals surface area contributed by atoms with Crippen LogP contribution in [-0.4, -0.2) is 31.1 Å². The van der Waals surface area contributed by atoms with Crippen LogP contribution in [0.2, 0.25) is 0 Å². The van der Waals surface area contributed by atoms with Crippen LogP contribution in [-0.2, 0) is 0 Å². The van der Waals surface area contributed by atoms with E-state index in [1.807, 2.05) is 24.1 Å². The second-order valence-corrected chi connectivity index (χ2v) is 5.06. The molecule has 1 aliphatic heterocycles. The molecule has 0 aliphatic carbocycles. The number of nitrogens with one attached hydrogen (secondary N) is 1. The first kappa shape index (κ1) is 11.6. The first-order valence-electron chi connectivity index (χ1n) is 4.97. The number of likely N-dealkylation sites (N-methyl/N-ethyl adjacent to an activating group) is 1. The smallest absolute Gasteiger partial charge is 0.293 e. The Morgan fingerprint density at radius 1 is 1.56 bits per heavy atom. The van der Waals surface area contributed by atoms with E-state index < -0.39 is 0 Å². The van der Waals surface area contributed by atoms with Gasteiger partial charge in [-0.2, -0.15) is 0 Å². The molecule has 1 aromatic rings. The normalized spacial score (nSPS) is 15.6. The largest absolute Gasteiger partial charge is 0.364 e. The quantitative estimate of drug-likeness (QED) is 0.519. The van der Waals surface area contributed by atoms with Crippen LogP contribution in [0, 0.1) is 13.7 Å². The molecule has 1 N–H and O–H groups in total. The molecule has 0 spiro atoms. The lowest BCUT2D eigenvalue weighted by molar-refractivity contribution is -0.384. The average molecular weight is 333 g/mol. The van der Waals surface area contributed by atoms with Gasteiger partial charge >= 0.3 is 0 Å². The molecule has 1 fully saturated rings. The van der Waals surface area contributed by atoms with Crippen LogP contribution in [0.5, 0.6) is 0 Å². The zero-order valence-corrected chi connectivity index (χ0v) is 11.0. The number of anilines is 1. The number of nitro groups is 1. The fourth-order valence-electron chi connectivity index (χ4n) is 1.69. The molecular weight excluding hydrogens is 321 g/mol. The lowest BCUT2D eigenvalue weighted by Crippen LogP contribution is -2.56. The molecule has 0 atom stereocenters. The Hall–Kier alpha value is -0.890. The van der Waals surface area contributed by atoms with Gasteiger partial charge in [-0.25, -0.2) is 0 Å². The Kier molecular flexibility index (Phi) is 3.29. The molecule has 1 aromatic carbocycles. The molecule has 2 rings (SSSR count). The van der Waals surface area contributed by atoms with E-state index in [4.69, 9.17) is 0 Å². The molecule has 0 radical (unpaired) electrons. The van der Waals surface area contributed by atoms with Crippen molar-refractivity contribution in [3.8, 4) is 0 Å². The van der Waals surface area contributed by atoms with E-state index in [2.05, 4.69) is 27.9 Å². The van der Waals surface area contributed by atoms with Crippen LogP contribution < -0.4 is 10.2 Å². The molecule has 1 saturated heterocycles. The standard InChI is InChI=1S/C10H12IN3O2/c1-13(8-5-12-6-8)9-3-2-7(11)4-10(9)14(15)16/h2-4,8,12H,5-6H2,1H3. The van der Waals surface area contributed by atoms with Gasteiger partial charge in [0.25, 0.3) is 5.69 Å². The van der Waals surface area contributed by atoms with Gasteiger partial charge in [0.1, 0.15) is 5.69 Å². The molecule has 16 heavy (non-hydrogen) atoms. The summed E-state index contributed by atoms with van der Waals surface area (Å²) in [6.07, 6.45) is 0. The molecule has 1 heterocycles. The van der Waals surface area contributed by atoms with Gasteiger partial charge in [0.05, 0.1) is 11.0 Å². The highest BCUT2D eigenvalue weighted by atomic mass is 127. The van der Waals surface area contributed by atoms with Crippen LogP contribution in [0.15, 0.2) is 18.2 Å². The molecule has 86 valence electrons. The van der Waals surface area contributed by atoms with E-state index in [-0.39, 0.29) is 10.6 Å². The van der Waals surface area contributed by atoms with Gasteiger partial charge in [-0.3, -0.25) is 10.1 Å². The highest BCUT2D eigenvalue weighted by Crippen LogP contribution is 2.30.